The molecule has 32 heavy (non-hydrogen) atoms. The number of imide groups is 1. The van der Waals surface area contributed by atoms with E-state index in [0.29, 0.717) is 25.1 Å². The summed E-state index contributed by atoms with van der Waals surface area (Å²) >= 11 is 0. The molecule has 2 heterocycles. The van der Waals surface area contributed by atoms with Crippen LogP contribution >= 0.6 is 0 Å². The van der Waals surface area contributed by atoms with Crippen LogP contribution in [0.25, 0.3) is 0 Å². The first kappa shape index (κ1) is 22.3. The Hall–Kier alpha value is -2.94. The Bertz CT molecular complexity index is 894. The van der Waals surface area contributed by atoms with Gasteiger partial charge in [0.05, 0.1) is 5.92 Å². The first-order valence-electron chi connectivity index (χ1n) is 11.4. The molecule has 3 aliphatic rings. The summed E-state index contributed by atoms with van der Waals surface area (Å²) in [5.74, 6) is -0.769. The molecule has 1 spiro atoms. The molecule has 1 atom stereocenters. The highest BCUT2D eigenvalue weighted by Crippen LogP contribution is 2.35. The zero-order valence-corrected chi connectivity index (χ0v) is 18.3. The summed E-state index contributed by atoms with van der Waals surface area (Å²) in [5.41, 5.74) is 6.46. The lowest BCUT2D eigenvalue weighted by atomic mass is 9.97. The molecule has 3 fully saturated rings. The van der Waals surface area contributed by atoms with E-state index < -0.39 is 11.6 Å². The van der Waals surface area contributed by atoms with Gasteiger partial charge in [-0.2, -0.15) is 0 Å². The standard InChI is InChI=1S/C23H31N5O4/c24-20(30)17-4-3-12-27(15-17)14-16-5-7-18(8-6-16)25-19(29)9-13-28-21(31)23(26-22(28)32)10-1-2-11-23/h5-8,17H,1-4,9-15H2,(H2,24,30)(H,25,29)(H,26,32). The largest absolute Gasteiger partial charge is 0.369 e. The topological polar surface area (TPSA) is 125 Å². The second-order valence-electron chi connectivity index (χ2n) is 9.15. The van der Waals surface area contributed by atoms with Crippen LogP contribution in [0.3, 0.4) is 0 Å². The molecule has 9 heteroatoms. The molecule has 1 aromatic carbocycles. The average Bonchev–Trinajstić information content (AvgIpc) is 3.33. The Morgan fingerprint density at radius 3 is 2.53 bits per heavy atom. The highest BCUT2D eigenvalue weighted by atomic mass is 16.2. The van der Waals surface area contributed by atoms with Crippen LogP contribution in [0.5, 0.6) is 0 Å². The number of nitrogens with two attached hydrogens (primary N) is 1. The lowest BCUT2D eigenvalue weighted by molar-refractivity contribution is -0.131. The number of hydrogen-bond donors (Lipinski definition) is 3. The van der Waals surface area contributed by atoms with Gasteiger partial charge in [0.1, 0.15) is 5.54 Å². The zero-order chi connectivity index (χ0) is 22.7. The van der Waals surface area contributed by atoms with Crippen molar-refractivity contribution in [3.63, 3.8) is 0 Å². The number of primary amides is 1. The molecule has 172 valence electrons. The van der Waals surface area contributed by atoms with Crippen LogP contribution in [0.1, 0.15) is 50.5 Å². The van der Waals surface area contributed by atoms with Crippen molar-refractivity contribution in [3.8, 4) is 0 Å². The van der Waals surface area contributed by atoms with E-state index in [4.69, 9.17) is 5.73 Å². The summed E-state index contributed by atoms with van der Waals surface area (Å²) in [7, 11) is 0. The molecule has 2 saturated heterocycles. The Balaban J connectivity index is 1.25. The predicted octanol–water partition coefficient (Wildman–Crippen LogP) is 1.58. The van der Waals surface area contributed by atoms with Crippen molar-refractivity contribution in [2.45, 2.75) is 57.0 Å². The Morgan fingerprint density at radius 1 is 1.12 bits per heavy atom. The minimum atomic E-state index is -0.741. The Kier molecular flexibility index (Phi) is 6.45. The van der Waals surface area contributed by atoms with Gasteiger partial charge in [-0.25, -0.2) is 4.79 Å². The third-order valence-electron chi connectivity index (χ3n) is 6.82. The molecule has 1 aromatic rings. The van der Waals surface area contributed by atoms with E-state index in [2.05, 4.69) is 15.5 Å². The number of nitrogens with one attached hydrogen (secondary N) is 2. The normalized spacial score (nSPS) is 22.9. The first-order chi connectivity index (χ1) is 15.4. The highest BCUT2D eigenvalue weighted by Gasteiger charge is 2.52. The van der Waals surface area contributed by atoms with E-state index in [1.165, 1.54) is 4.90 Å². The first-order valence-corrected chi connectivity index (χ1v) is 11.4. The van der Waals surface area contributed by atoms with Gasteiger partial charge in [-0.05, 0) is 49.9 Å². The molecule has 0 bridgehead atoms. The van der Waals surface area contributed by atoms with Crippen molar-refractivity contribution in [2.24, 2.45) is 11.7 Å². The number of anilines is 1. The van der Waals surface area contributed by atoms with Gasteiger partial charge in [0, 0.05) is 31.7 Å². The molecular formula is C23H31N5O4. The fourth-order valence-corrected chi connectivity index (χ4v) is 5.02. The van der Waals surface area contributed by atoms with Crippen molar-refractivity contribution in [1.29, 1.82) is 0 Å². The average molecular weight is 442 g/mol. The van der Waals surface area contributed by atoms with E-state index in [0.717, 1.165) is 44.3 Å². The maximum atomic E-state index is 12.7. The number of carbonyl (C=O) groups is 4. The van der Waals surface area contributed by atoms with E-state index in [-0.39, 0.29) is 36.6 Å². The SMILES string of the molecule is NC(=O)C1CCCN(Cc2ccc(NC(=O)CCN3C(=O)NC4(CCCC4)C3=O)cc2)C1. The molecule has 0 aromatic heterocycles. The number of hydrogen-bond acceptors (Lipinski definition) is 5. The summed E-state index contributed by atoms with van der Waals surface area (Å²) in [5, 5.41) is 5.65. The maximum Gasteiger partial charge on any atom is 0.325 e. The van der Waals surface area contributed by atoms with Crippen LogP contribution in [-0.4, -0.2) is 58.7 Å². The van der Waals surface area contributed by atoms with Crippen LogP contribution in [0.2, 0.25) is 0 Å². The molecule has 4 rings (SSSR count). The van der Waals surface area contributed by atoms with Crippen LogP contribution in [0.4, 0.5) is 10.5 Å². The van der Waals surface area contributed by atoms with Gasteiger partial charge in [0.2, 0.25) is 11.8 Å². The molecule has 9 nitrogen and oxygen atoms in total. The number of benzene rings is 1. The predicted molar refractivity (Wildman–Crippen MR) is 118 cm³/mol. The van der Waals surface area contributed by atoms with Gasteiger partial charge >= 0.3 is 6.03 Å². The summed E-state index contributed by atoms with van der Waals surface area (Å²) < 4.78 is 0. The number of amides is 5. The van der Waals surface area contributed by atoms with Crippen LogP contribution in [0, 0.1) is 5.92 Å². The smallest absolute Gasteiger partial charge is 0.325 e. The molecule has 1 aliphatic carbocycles. The third kappa shape index (κ3) is 4.77. The molecule has 1 unspecified atom stereocenters. The van der Waals surface area contributed by atoms with Gasteiger partial charge in [-0.1, -0.05) is 25.0 Å². The summed E-state index contributed by atoms with van der Waals surface area (Å²) in [6.45, 7) is 2.42. The van der Waals surface area contributed by atoms with Gasteiger partial charge in [0.25, 0.3) is 5.91 Å². The number of likely N-dealkylation sites (tertiary alicyclic amines) is 1. The minimum absolute atomic E-state index is 0.0548. The number of urea groups is 1. The summed E-state index contributed by atoms with van der Waals surface area (Å²) in [4.78, 5) is 52.1. The summed E-state index contributed by atoms with van der Waals surface area (Å²) in [6.07, 6.45) is 5.07. The zero-order valence-electron chi connectivity index (χ0n) is 18.3. The lowest BCUT2D eigenvalue weighted by Gasteiger charge is -2.31. The molecule has 1 saturated carbocycles. The molecular weight excluding hydrogens is 410 g/mol. The molecule has 2 aliphatic heterocycles. The molecule has 0 radical (unpaired) electrons. The number of nitrogens with zero attached hydrogens (tertiary/aromatic N) is 2. The number of rotatable bonds is 7. The van der Waals surface area contributed by atoms with Gasteiger partial charge in [0.15, 0.2) is 0 Å². The van der Waals surface area contributed by atoms with Crippen molar-refractivity contribution >= 4 is 29.4 Å². The van der Waals surface area contributed by atoms with E-state index in [1.54, 1.807) is 0 Å². The lowest BCUT2D eigenvalue weighted by Crippen LogP contribution is -2.44. The second-order valence-corrected chi connectivity index (χ2v) is 9.15. The maximum absolute atomic E-state index is 12.7. The van der Waals surface area contributed by atoms with E-state index >= 15 is 0 Å². The van der Waals surface area contributed by atoms with Crippen LogP contribution < -0.4 is 16.4 Å². The molecule has 4 N–H and O–H groups in total. The Labute approximate surface area is 187 Å². The molecule has 5 amide bonds. The van der Waals surface area contributed by atoms with Crippen molar-refractivity contribution < 1.29 is 19.2 Å². The Morgan fingerprint density at radius 2 is 1.84 bits per heavy atom. The van der Waals surface area contributed by atoms with Gasteiger partial charge < -0.3 is 16.4 Å². The van der Waals surface area contributed by atoms with Crippen molar-refractivity contribution in [1.82, 2.24) is 15.1 Å². The van der Waals surface area contributed by atoms with Crippen molar-refractivity contribution in [2.75, 3.05) is 25.0 Å². The number of piperidine rings is 1. The van der Waals surface area contributed by atoms with E-state index in [9.17, 15) is 19.2 Å². The minimum Gasteiger partial charge on any atom is -0.369 e. The van der Waals surface area contributed by atoms with Crippen LogP contribution in [-0.2, 0) is 20.9 Å². The quantitative estimate of drug-likeness (QED) is 0.554. The summed E-state index contributed by atoms with van der Waals surface area (Å²) in [6, 6.07) is 7.18. The highest BCUT2D eigenvalue weighted by molar-refractivity contribution is 6.07. The van der Waals surface area contributed by atoms with Crippen LogP contribution in [0.15, 0.2) is 24.3 Å². The monoisotopic (exact) mass is 441 g/mol. The fourth-order valence-electron chi connectivity index (χ4n) is 5.02. The fraction of sp³-hybridized carbons (Fsp3) is 0.565. The van der Waals surface area contributed by atoms with Gasteiger partial charge in [-0.3, -0.25) is 24.2 Å². The van der Waals surface area contributed by atoms with E-state index in [1.807, 2.05) is 24.3 Å². The third-order valence-corrected chi connectivity index (χ3v) is 6.82. The van der Waals surface area contributed by atoms with Gasteiger partial charge in [-0.15, -0.1) is 0 Å². The second kappa shape index (κ2) is 9.28. The van der Waals surface area contributed by atoms with Crippen molar-refractivity contribution in [3.05, 3.63) is 29.8 Å². The number of carbonyl (C=O) groups excluding carboxylic acids is 4.